The molecule has 6 rings (SSSR count). The highest BCUT2D eigenvalue weighted by Crippen LogP contribution is 2.41. The molecule has 3 atom stereocenters. The van der Waals surface area contributed by atoms with Gasteiger partial charge >= 0.3 is 0 Å². The zero-order valence-corrected chi connectivity index (χ0v) is 19.0. The zero-order valence-electron chi connectivity index (χ0n) is 18.2. The van der Waals surface area contributed by atoms with E-state index in [-0.39, 0.29) is 5.82 Å². The van der Waals surface area contributed by atoms with Crippen LogP contribution in [-0.4, -0.2) is 54.0 Å². The van der Waals surface area contributed by atoms with Crippen molar-refractivity contribution in [1.29, 1.82) is 0 Å². The van der Waals surface area contributed by atoms with Crippen LogP contribution in [0.1, 0.15) is 25.7 Å². The summed E-state index contributed by atoms with van der Waals surface area (Å²) in [5, 5.41) is 15.7. The summed E-state index contributed by atoms with van der Waals surface area (Å²) in [6.07, 6.45) is 4.82. The van der Waals surface area contributed by atoms with Gasteiger partial charge in [0.15, 0.2) is 5.82 Å². The molecule has 0 unspecified atom stereocenters. The number of rotatable bonds is 5. The van der Waals surface area contributed by atoms with Crippen LogP contribution in [0, 0.1) is 23.6 Å². The second-order valence-electron chi connectivity index (χ2n) is 9.65. The fourth-order valence-electron chi connectivity index (χ4n) is 5.97. The molecule has 0 spiro atoms. The molecule has 3 aliphatic rings. The Hall–Kier alpha value is -2.09. The van der Waals surface area contributed by atoms with Gasteiger partial charge in [-0.2, -0.15) is 0 Å². The summed E-state index contributed by atoms with van der Waals surface area (Å²) >= 11 is 1.60. The lowest BCUT2D eigenvalue weighted by molar-refractivity contribution is 0.0545. The first-order valence-electron chi connectivity index (χ1n) is 11.8. The van der Waals surface area contributed by atoms with Crippen molar-refractivity contribution < 1.29 is 9.13 Å². The van der Waals surface area contributed by atoms with Gasteiger partial charge in [0.05, 0.1) is 4.70 Å². The first-order chi connectivity index (χ1) is 15.7. The summed E-state index contributed by atoms with van der Waals surface area (Å²) in [7, 11) is 0. The van der Waals surface area contributed by atoms with Crippen molar-refractivity contribution in [3.05, 3.63) is 41.5 Å². The summed E-state index contributed by atoms with van der Waals surface area (Å²) < 4.78 is 20.9. The Morgan fingerprint density at radius 1 is 1.06 bits per heavy atom. The third-order valence-corrected chi connectivity index (χ3v) is 8.46. The van der Waals surface area contributed by atoms with Gasteiger partial charge in [0, 0.05) is 49.8 Å². The molecule has 2 saturated heterocycles. The molecule has 7 heteroatoms. The minimum absolute atomic E-state index is 0.258. The molecule has 4 heterocycles. The van der Waals surface area contributed by atoms with Crippen molar-refractivity contribution in [1.82, 2.24) is 15.1 Å². The van der Waals surface area contributed by atoms with Crippen molar-refractivity contribution in [2.45, 2.75) is 31.7 Å². The number of nitrogens with one attached hydrogen (secondary N) is 1. The number of hydrogen-bond acceptors (Lipinski definition) is 6. The maximum Gasteiger partial charge on any atom is 0.157 e. The Bertz CT molecular complexity index is 1080. The molecule has 1 aliphatic carbocycles. The van der Waals surface area contributed by atoms with Crippen molar-refractivity contribution in [3.63, 3.8) is 0 Å². The van der Waals surface area contributed by atoms with Crippen LogP contribution in [0.5, 0.6) is 0 Å². The Labute approximate surface area is 192 Å². The first-order valence-corrected chi connectivity index (χ1v) is 12.7. The van der Waals surface area contributed by atoms with E-state index >= 15 is 0 Å². The predicted molar refractivity (Wildman–Crippen MR) is 126 cm³/mol. The first kappa shape index (κ1) is 20.5. The maximum atomic E-state index is 14.4. The van der Waals surface area contributed by atoms with E-state index in [9.17, 15) is 4.39 Å². The molecule has 2 aromatic heterocycles. The van der Waals surface area contributed by atoms with Gasteiger partial charge in [0.1, 0.15) is 11.5 Å². The van der Waals surface area contributed by atoms with Gasteiger partial charge in [-0.05, 0) is 67.0 Å². The third kappa shape index (κ3) is 3.91. The van der Waals surface area contributed by atoms with Crippen LogP contribution in [0.3, 0.4) is 0 Å². The maximum absolute atomic E-state index is 14.4. The van der Waals surface area contributed by atoms with Gasteiger partial charge in [-0.3, -0.25) is 0 Å². The number of anilines is 1. The van der Waals surface area contributed by atoms with E-state index in [0.717, 1.165) is 46.9 Å². The van der Waals surface area contributed by atoms with E-state index in [0.29, 0.717) is 17.3 Å². The number of thiophene rings is 1. The van der Waals surface area contributed by atoms with Crippen molar-refractivity contribution in [2.75, 3.05) is 38.2 Å². The Morgan fingerprint density at radius 2 is 1.84 bits per heavy atom. The molecule has 0 amide bonds. The lowest BCUT2D eigenvalue weighted by Crippen LogP contribution is -2.32. The fraction of sp³-hybridized carbons (Fsp3) is 0.520. The van der Waals surface area contributed by atoms with Gasteiger partial charge < -0.3 is 15.0 Å². The molecular weight excluding hydrogens is 423 g/mol. The number of ether oxygens (including phenoxy) is 1. The summed E-state index contributed by atoms with van der Waals surface area (Å²) in [6, 6.07) is 9.31. The van der Waals surface area contributed by atoms with Gasteiger partial charge in [-0.25, -0.2) is 4.39 Å². The van der Waals surface area contributed by atoms with Crippen LogP contribution in [0.15, 0.2) is 35.7 Å². The van der Waals surface area contributed by atoms with Gasteiger partial charge in [-0.1, -0.05) is 12.1 Å². The minimum Gasteiger partial charge on any atom is -0.381 e. The number of nitrogens with zero attached hydrogens (tertiary/aromatic N) is 3. The minimum atomic E-state index is -0.258. The molecule has 0 bridgehead atoms. The standard InChI is InChI=1S/C25H29FN4OS/c26-22-4-2-1-3-20(22)23-24-21(7-10-32-24)25(29-28-23)27-19-11-17-14-30(15-18(17)12-19)13-16-5-8-31-9-6-16/h1-4,7,10,16-19H,5-6,8-9,11-15H2,(H,27,29)/t17-,18+,19-. The van der Waals surface area contributed by atoms with Crippen LogP contribution >= 0.6 is 11.3 Å². The van der Waals surface area contributed by atoms with E-state index in [1.54, 1.807) is 23.5 Å². The van der Waals surface area contributed by atoms with Crippen molar-refractivity contribution in [2.24, 2.45) is 17.8 Å². The molecule has 2 aliphatic heterocycles. The summed E-state index contributed by atoms with van der Waals surface area (Å²) in [6.45, 7) is 5.57. The van der Waals surface area contributed by atoms with E-state index in [1.165, 1.54) is 51.4 Å². The number of fused-ring (bicyclic) bond motifs is 2. The average Bonchev–Trinajstić information content (AvgIpc) is 3.51. The third-order valence-electron chi connectivity index (χ3n) is 7.54. The molecule has 168 valence electrons. The highest BCUT2D eigenvalue weighted by molar-refractivity contribution is 7.17. The van der Waals surface area contributed by atoms with Gasteiger partial charge in [-0.15, -0.1) is 21.5 Å². The topological polar surface area (TPSA) is 50.3 Å². The normalized spacial score (nSPS) is 26.6. The highest BCUT2D eigenvalue weighted by Gasteiger charge is 2.41. The van der Waals surface area contributed by atoms with Gasteiger partial charge in [0.25, 0.3) is 0 Å². The second-order valence-corrected chi connectivity index (χ2v) is 10.6. The molecule has 1 aromatic carbocycles. The number of hydrogen-bond donors (Lipinski definition) is 1. The highest BCUT2D eigenvalue weighted by atomic mass is 32.1. The molecule has 1 saturated carbocycles. The van der Waals surface area contributed by atoms with Crippen molar-refractivity contribution in [3.8, 4) is 11.3 Å². The van der Waals surface area contributed by atoms with Crippen molar-refractivity contribution >= 4 is 27.2 Å². The van der Waals surface area contributed by atoms with E-state index < -0.39 is 0 Å². The van der Waals surface area contributed by atoms with E-state index in [2.05, 4.69) is 26.5 Å². The Balaban J connectivity index is 1.13. The molecule has 5 nitrogen and oxygen atoms in total. The Morgan fingerprint density at radius 3 is 2.62 bits per heavy atom. The molecular formula is C25H29FN4OS. The number of likely N-dealkylation sites (tertiary alicyclic amines) is 1. The average molecular weight is 453 g/mol. The Kier molecular flexibility index (Phi) is 5.57. The van der Waals surface area contributed by atoms with Crippen LogP contribution in [0.4, 0.5) is 10.2 Å². The zero-order chi connectivity index (χ0) is 21.5. The quantitative estimate of drug-likeness (QED) is 0.587. The fourth-order valence-corrected chi connectivity index (χ4v) is 6.86. The summed E-state index contributed by atoms with van der Waals surface area (Å²) in [5.41, 5.74) is 1.14. The van der Waals surface area contributed by atoms with Crippen LogP contribution in [-0.2, 0) is 4.74 Å². The molecule has 32 heavy (non-hydrogen) atoms. The number of benzene rings is 1. The lowest BCUT2D eigenvalue weighted by atomic mass is 10.00. The van der Waals surface area contributed by atoms with Crippen LogP contribution in [0.25, 0.3) is 21.3 Å². The smallest absolute Gasteiger partial charge is 0.157 e. The van der Waals surface area contributed by atoms with Crippen LogP contribution in [0.2, 0.25) is 0 Å². The lowest BCUT2D eigenvalue weighted by Gasteiger charge is -2.27. The monoisotopic (exact) mass is 452 g/mol. The molecule has 3 fully saturated rings. The van der Waals surface area contributed by atoms with Gasteiger partial charge in [0.2, 0.25) is 0 Å². The molecule has 0 radical (unpaired) electrons. The SMILES string of the molecule is Fc1ccccc1-c1nnc(N[C@@H]2C[C@@H]3CN(CC4CCOCC4)C[C@@H]3C2)c2ccsc12. The molecule has 3 aromatic rings. The summed E-state index contributed by atoms with van der Waals surface area (Å²) in [4.78, 5) is 2.70. The largest absolute Gasteiger partial charge is 0.381 e. The van der Waals surface area contributed by atoms with Crippen LogP contribution < -0.4 is 5.32 Å². The van der Waals surface area contributed by atoms with E-state index in [4.69, 9.17) is 4.74 Å². The predicted octanol–water partition coefficient (Wildman–Crippen LogP) is 5.05. The van der Waals surface area contributed by atoms with E-state index in [1.807, 2.05) is 11.4 Å². The number of halogens is 1. The molecule has 1 N–H and O–H groups in total. The number of aromatic nitrogens is 2. The second kappa shape index (κ2) is 8.69. The summed E-state index contributed by atoms with van der Waals surface area (Å²) in [5.74, 6) is 2.94.